The quantitative estimate of drug-likeness (QED) is 0.880. The molecule has 0 saturated carbocycles. The molecule has 0 radical (unpaired) electrons. The van der Waals surface area contributed by atoms with E-state index in [-0.39, 0.29) is 11.8 Å². The summed E-state index contributed by atoms with van der Waals surface area (Å²) in [4.78, 5) is 13.7. The second kappa shape index (κ2) is 6.52. The summed E-state index contributed by atoms with van der Waals surface area (Å²) in [6, 6.07) is 5.65. The van der Waals surface area contributed by atoms with Crippen LogP contribution in [-0.4, -0.2) is 37.6 Å². The third-order valence-electron chi connectivity index (χ3n) is 3.43. The Balaban J connectivity index is 1.83. The fourth-order valence-electron chi connectivity index (χ4n) is 2.29. The number of nitrogens with zero attached hydrogens (tertiary/aromatic N) is 1. The summed E-state index contributed by atoms with van der Waals surface area (Å²) in [6.07, 6.45) is 2.21. The fraction of sp³-hybridized carbons (Fsp3) is 0.500. The number of halogens is 1. The van der Waals surface area contributed by atoms with E-state index in [1.807, 2.05) is 0 Å². The maximum absolute atomic E-state index is 12.8. The van der Waals surface area contributed by atoms with Gasteiger partial charge in [-0.25, -0.2) is 9.18 Å². The lowest BCUT2D eigenvalue weighted by molar-refractivity contribution is 0.206. The van der Waals surface area contributed by atoms with Gasteiger partial charge in [0.15, 0.2) is 0 Å². The molecule has 19 heavy (non-hydrogen) atoms. The van der Waals surface area contributed by atoms with Gasteiger partial charge in [-0.15, -0.1) is 0 Å². The molecule has 0 atom stereocenters. The molecule has 4 nitrogen and oxygen atoms in total. The predicted molar refractivity (Wildman–Crippen MR) is 73.6 cm³/mol. The van der Waals surface area contributed by atoms with Crippen LogP contribution in [0, 0.1) is 11.7 Å². The zero-order chi connectivity index (χ0) is 13.7. The van der Waals surface area contributed by atoms with Crippen molar-refractivity contribution in [2.45, 2.75) is 12.8 Å². The highest BCUT2D eigenvalue weighted by atomic mass is 19.1. The van der Waals surface area contributed by atoms with Crippen LogP contribution in [0.3, 0.4) is 0 Å². The minimum Gasteiger partial charge on any atom is -0.327 e. The summed E-state index contributed by atoms with van der Waals surface area (Å²) >= 11 is 0. The van der Waals surface area contributed by atoms with Crippen LogP contribution in [0.1, 0.15) is 12.8 Å². The lowest BCUT2D eigenvalue weighted by Gasteiger charge is -2.27. The topological polar surface area (TPSA) is 44.4 Å². The third kappa shape index (κ3) is 4.21. The molecule has 0 bridgehead atoms. The third-order valence-corrected chi connectivity index (χ3v) is 3.43. The van der Waals surface area contributed by atoms with Crippen molar-refractivity contribution in [3.05, 3.63) is 30.1 Å². The number of piperidine rings is 1. The monoisotopic (exact) mass is 265 g/mol. The first-order valence-corrected chi connectivity index (χ1v) is 6.63. The fourth-order valence-corrected chi connectivity index (χ4v) is 2.29. The van der Waals surface area contributed by atoms with Gasteiger partial charge < -0.3 is 15.5 Å². The Hall–Kier alpha value is -1.62. The first kappa shape index (κ1) is 13.8. The van der Waals surface area contributed by atoms with E-state index in [1.54, 1.807) is 24.1 Å². The summed E-state index contributed by atoms with van der Waals surface area (Å²) < 4.78 is 12.8. The Morgan fingerprint density at radius 2 is 2.00 bits per heavy atom. The van der Waals surface area contributed by atoms with Gasteiger partial charge in [0.25, 0.3) is 0 Å². The highest BCUT2D eigenvalue weighted by molar-refractivity contribution is 5.89. The number of carbonyl (C=O) groups is 1. The summed E-state index contributed by atoms with van der Waals surface area (Å²) in [7, 11) is 1.79. The summed E-state index contributed by atoms with van der Waals surface area (Å²) in [5, 5.41) is 6.07. The van der Waals surface area contributed by atoms with Gasteiger partial charge in [0.1, 0.15) is 5.82 Å². The Kier molecular flexibility index (Phi) is 4.74. The normalized spacial score (nSPS) is 16.1. The van der Waals surface area contributed by atoms with E-state index < -0.39 is 0 Å². The molecule has 1 aromatic carbocycles. The van der Waals surface area contributed by atoms with Crippen LogP contribution in [0.5, 0.6) is 0 Å². The van der Waals surface area contributed by atoms with Gasteiger partial charge >= 0.3 is 6.03 Å². The van der Waals surface area contributed by atoms with Crippen molar-refractivity contribution in [3.8, 4) is 0 Å². The lowest BCUT2D eigenvalue weighted by Crippen LogP contribution is -2.39. The highest BCUT2D eigenvalue weighted by Crippen LogP contribution is 2.14. The van der Waals surface area contributed by atoms with Crippen molar-refractivity contribution in [1.29, 1.82) is 0 Å². The van der Waals surface area contributed by atoms with Crippen molar-refractivity contribution >= 4 is 11.7 Å². The van der Waals surface area contributed by atoms with Crippen LogP contribution in [0.2, 0.25) is 0 Å². The van der Waals surface area contributed by atoms with Crippen molar-refractivity contribution in [2.75, 3.05) is 32.0 Å². The molecule has 5 heteroatoms. The smallest absolute Gasteiger partial charge is 0.321 e. The average molecular weight is 265 g/mol. The predicted octanol–water partition coefficient (Wildman–Crippen LogP) is 2.29. The van der Waals surface area contributed by atoms with Gasteiger partial charge in [0.2, 0.25) is 0 Å². The van der Waals surface area contributed by atoms with E-state index in [0.717, 1.165) is 32.5 Å². The molecule has 1 aliphatic rings. The van der Waals surface area contributed by atoms with Crippen LogP contribution in [-0.2, 0) is 0 Å². The second-order valence-electron chi connectivity index (χ2n) is 5.01. The molecule has 0 spiro atoms. The lowest BCUT2D eigenvalue weighted by atomic mass is 9.98. The number of rotatable bonds is 3. The van der Waals surface area contributed by atoms with Crippen molar-refractivity contribution < 1.29 is 9.18 Å². The molecule has 1 aliphatic heterocycles. The maximum Gasteiger partial charge on any atom is 0.321 e. The average Bonchev–Trinajstić information content (AvgIpc) is 2.42. The van der Waals surface area contributed by atoms with Gasteiger partial charge in [0.05, 0.1) is 0 Å². The SMILES string of the molecule is CN(CC1CCNCC1)C(=O)Nc1ccc(F)cc1. The molecule has 0 aliphatic carbocycles. The van der Waals surface area contributed by atoms with E-state index in [9.17, 15) is 9.18 Å². The first-order chi connectivity index (χ1) is 9.15. The maximum atomic E-state index is 12.8. The molecule has 104 valence electrons. The molecule has 2 N–H and O–H groups in total. The van der Waals surface area contributed by atoms with Crippen molar-refractivity contribution in [1.82, 2.24) is 10.2 Å². The molecule has 0 unspecified atom stereocenters. The molecule has 1 fully saturated rings. The first-order valence-electron chi connectivity index (χ1n) is 6.63. The van der Waals surface area contributed by atoms with Gasteiger partial charge in [0, 0.05) is 19.3 Å². The van der Waals surface area contributed by atoms with Crippen LogP contribution in [0.15, 0.2) is 24.3 Å². The van der Waals surface area contributed by atoms with Crippen LogP contribution < -0.4 is 10.6 Å². The van der Waals surface area contributed by atoms with E-state index in [4.69, 9.17) is 0 Å². The zero-order valence-electron chi connectivity index (χ0n) is 11.2. The van der Waals surface area contributed by atoms with Gasteiger partial charge in [-0.2, -0.15) is 0 Å². The number of nitrogens with one attached hydrogen (secondary N) is 2. The van der Waals surface area contributed by atoms with E-state index in [2.05, 4.69) is 10.6 Å². The van der Waals surface area contributed by atoms with E-state index in [1.165, 1.54) is 12.1 Å². The summed E-state index contributed by atoms with van der Waals surface area (Å²) in [5.74, 6) is 0.256. The minimum atomic E-state index is -0.305. The number of hydrogen-bond donors (Lipinski definition) is 2. The van der Waals surface area contributed by atoms with Crippen molar-refractivity contribution in [3.63, 3.8) is 0 Å². The number of urea groups is 1. The Morgan fingerprint density at radius 3 is 2.63 bits per heavy atom. The Bertz CT molecular complexity index is 415. The minimum absolute atomic E-state index is 0.148. The van der Waals surface area contributed by atoms with E-state index in [0.29, 0.717) is 11.6 Å². The summed E-state index contributed by atoms with van der Waals surface area (Å²) in [5.41, 5.74) is 0.614. The summed E-state index contributed by atoms with van der Waals surface area (Å²) in [6.45, 7) is 2.81. The molecule has 2 amide bonds. The van der Waals surface area contributed by atoms with Crippen molar-refractivity contribution in [2.24, 2.45) is 5.92 Å². The van der Waals surface area contributed by atoms with Crippen LogP contribution >= 0.6 is 0 Å². The highest BCUT2D eigenvalue weighted by Gasteiger charge is 2.17. The molecular weight excluding hydrogens is 245 g/mol. The second-order valence-corrected chi connectivity index (χ2v) is 5.01. The standard InChI is InChI=1S/C14H20FN3O/c1-18(10-11-6-8-16-9-7-11)14(19)17-13-4-2-12(15)3-5-13/h2-5,11,16H,6-10H2,1H3,(H,17,19). The Morgan fingerprint density at radius 1 is 1.37 bits per heavy atom. The van der Waals surface area contributed by atoms with Gasteiger partial charge in [-0.1, -0.05) is 0 Å². The number of carbonyl (C=O) groups excluding carboxylic acids is 1. The van der Waals surface area contributed by atoms with Crippen LogP contribution in [0.4, 0.5) is 14.9 Å². The van der Waals surface area contributed by atoms with Gasteiger partial charge in [-0.3, -0.25) is 0 Å². The Labute approximate surface area is 113 Å². The number of hydrogen-bond acceptors (Lipinski definition) is 2. The number of amides is 2. The number of benzene rings is 1. The van der Waals surface area contributed by atoms with Crippen LogP contribution in [0.25, 0.3) is 0 Å². The molecule has 2 rings (SSSR count). The zero-order valence-corrected chi connectivity index (χ0v) is 11.2. The number of anilines is 1. The molecule has 1 saturated heterocycles. The molecular formula is C14H20FN3O. The molecule has 1 aromatic rings. The molecule has 1 heterocycles. The molecule has 0 aromatic heterocycles. The largest absolute Gasteiger partial charge is 0.327 e. The van der Waals surface area contributed by atoms with E-state index >= 15 is 0 Å². The van der Waals surface area contributed by atoms with Gasteiger partial charge in [-0.05, 0) is 56.1 Å².